The molecule has 130 valence electrons. The van der Waals surface area contributed by atoms with Gasteiger partial charge in [-0.3, -0.25) is 0 Å². The van der Waals surface area contributed by atoms with Crippen LogP contribution in [0.2, 0.25) is 0 Å². The third kappa shape index (κ3) is 3.08. The van der Waals surface area contributed by atoms with Gasteiger partial charge in [-0.2, -0.15) is 4.31 Å². The molecule has 1 aromatic carbocycles. The van der Waals surface area contributed by atoms with Crippen LogP contribution in [0, 0.1) is 5.92 Å². The van der Waals surface area contributed by atoms with Crippen molar-refractivity contribution in [3.8, 4) is 0 Å². The summed E-state index contributed by atoms with van der Waals surface area (Å²) in [5, 5.41) is 0.601. The molecule has 0 aliphatic carbocycles. The monoisotopic (exact) mass is 367 g/mol. The standard InChI is InChI=1S/C17H21NO4S2/c1-3-22-17(19)15-16(13-6-4-5-7-14(13)23-15)24(20,21)18-10-8-12(2)9-11-18/h4-7,12H,3,8-11H2,1-2H3. The number of carbonyl (C=O) groups excluding carboxylic acids is 1. The number of rotatable bonds is 4. The Hall–Kier alpha value is -1.44. The first-order valence-electron chi connectivity index (χ1n) is 8.14. The number of ether oxygens (including phenoxy) is 1. The molecule has 7 heteroatoms. The van der Waals surface area contributed by atoms with Crippen LogP contribution in [0.1, 0.15) is 36.4 Å². The largest absolute Gasteiger partial charge is 0.462 e. The fourth-order valence-electron chi connectivity index (χ4n) is 2.96. The molecule has 24 heavy (non-hydrogen) atoms. The fourth-order valence-corrected chi connectivity index (χ4v) is 6.18. The zero-order valence-corrected chi connectivity index (χ0v) is 15.5. The lowest BCUT2D eigenvalue weighted by Gasteiger charge is -2.29. The Morgan fingerprint density at radius 1 is 1.29 bits per heavy atom. The van der Waals surface area contributed by atoms with Crippen molar-refractivity contribution in [1.82, 2.24) is 4.31 Å². The fraction of sp³-hybridized carbons (Fsp3) is 0.471. The van der Waals surface area contributed by atoms with E-state index in [-0.39, 0.29) is 16.4 Å². The van der Waals surface area contributed by atoms with E-state index < -0.39 is 16.0 Å². The number of hydrogen-bond donors (Lipinski definition) is 0. The van der Waals surface area contributed by atoms with Crippen molar-refractivity contribution < 1.29 is 17.9 Å². The predicted molar refractivity (Wildman–Crippen MR) is 94.9 cm³/mol. The van der Waals surface area contributed by atoms with Crippen molar-refractivity contribution in [3.05, 3.63) is 29.1 Å². The highest BCUT2D eigenvalue weighted by Crippen LogP contribution is 2.37. The average Bonchev–Trinajstić information content (AvgIpc) is 2.96. The molecule has 0 saturated carbocycles. The number of sulfonamides is 1. The van der Waals surface area contributed by atoms with Crippen LogP contribution in [0.5, 0.6) is 0 Å². The van der Waals surface area contributed by atoms with Crippen molar-refractivity contribution in [1.29, 1.82) is 0 Å². The van der Waals surface area contributed by atoms with Crippen molar-refractivity contribution in [3.63, 3.8) is 0 Å². The minimum atomic E-state index is -3.72. The van der Waals surface area contributed by atoms with Gasteiger partial charge in [-0.1, -0.05) is 25.1 Å². The third-order valence-electron chi connectivity index (χ3n) is 4.35. The molecule has 5 nitrogen and oxygen atoms in total. The summed E-state index contributed by atoms with van der Waals surface area (Å²) in [7, 11) is -3.72. The zero-order valence-electron chi connectivity index (χ0n) is 13.8. The van der Waals surface area contributed by atoms with Gasteiger partial charge in [-0.05, 0) is 31.7 Å². The van der Waals surface area contributed by atoms with Gasteiger partial charge < -0.3 is 4.74 Å². The molecule has 0 N–H and O–H groups in total. The molecule has 1 aliphatic rings. The van der Waals surface area contributed by atoms with Crippen LogP contribution < -0.4 is 0 Å². The molecule has 0 bridgehead atoms. The first-order valence-corrected chi connectivity index (χ1v) is 10.4. The van der Waals surface area contributed by atoms with Crippen LogP contribution in [-0.2, 0) is 14.8 Å². The highest BCUT2D eigenvalue weighted by atomic mass is 32.2. The van der Waals surface area contributed by atoms with Crippen LogP contribution in [-0.4, -0.2) is 38.4 Å². The summed E-state index contributed by atoms with van der Waals surface area (Å²) < 4.78 is 33.8. The van der Waals surface area contributed by atoms with Crippen LogP contribution >= 0.6 is 11.3 Å². The highest BCUT2D eigenvalue weighted by molar-refractivity contribution is 7.89. The van der Waals surface area contributed by atoms with Crippen LogP contribution in [0.25, 0.3) is 10.1 Å². The topological polar surface area (TPSA) is 63.7 Å². The molecule has 2 heterocycles. The van der Waals surface area contributed by atoms with Gasteiger partial charge in [-0.25, -0.2) is 13.2 Å². The maximum atomic E-state index is 13.2. The van der Waals surface area contributed by atoms with E-state index in [4.69, 9.17) is 4.74 Å². The first-order chi connectivity index (χ1) is 11.4. The number of benzene rings is 1. The van der Waals surface area contributed by atoms with Crippen LogP contribution in [0.3, 0.4) is 0 Å². The number of hydrogen-bond acceptors (Lipinski definition) is 5. The van der Waals surface area contributed by atoms with E-state index >= 15 is 0 Å². The second-order valence-electron chi connectivity index (χ2n) is 6.06. The van der Waals surface area contributed by atoms with E-state index in [0.29, 0.717) is 24.4 Å². The minimum Gasteiger partial charge on any atom is -0.462 e. The van der Waals surface area contributed by atoms with Gasteiger partial charge in [0.25, 0.3) is 0 Å². The summed E-state index contributed by atoms with van der Waals surface area (Å²) in [6.45, 7) is 5.05. The molecule has 0 atom stereocenters. The molecule has 2 aromatic rings. The lowest BCUT2D eigenvalue weighted by Crippen LogP contribution is -2.38. The van der Waals surface area contributed by atoms with Gasteiger partial charge in [0.1, 0.15) is 9.77 Å². The Morgan fingerprint density at radius 3 is 2.62 bits per heavy atom. The summed E-state index contributed by atoms with van der Waals surface area (Å²) in [6.07, 6.45) is 1.69. The molecular weight excluding hydrogens is 346 g/mol. The molecule has 1 aromatic heterocycles. The van der Waals surface area contributed by atoms with E-state index in [1.54, 1.807) is 19.1 Å². The van der Waals surface area contributed by atoms with Gasteiger partial charge >= 0.3 is 5.97 Å². The SMILES string of the molecule is CCOC(=O)c1sc2ccccc2c1S(=O)(=O)N1CCC(C)CC1. The van der Waals surface area contributed by atoms with Gasteiger partial charge in [-0.15, -0.1) is 11.3 Å². The van der Waals surface area contributed by atoms with Gasteiger partial charge in [0.05, 0.1) is 6.61 Å². The van der Waals surface area contributed by atoms with Crippen molar-refractivity contribution >= 4 is 37.4 Å². The number of nitrogens with zero attached hydrogens (tertiary/aromatic N) is 1. The predicted octanol–water partition coefficient (Wildman–Crippen LogP) is 3.50. The maximum Gasteiger partial charge on any atom is 0.349 e. The lowest BCUT2D eigenvalue weighted by atomic mass is 10.0. The number of piperidine rings is 1. The normalized spacial score (nSPS) is 17.2. The minimum absolute atomic E-state index is 0.108. The third-order valence-corrected chi connectivity index (χ3v) is 7.62. The summed E-state index contributed by atoms with van der Waals surface area (Å²) >= 11 is 1.18. The Labute approximate surface area is 146 Å². The molecule has 1 fully saturated rings. The average molecular weight is 367 g/mol. The van der Waals surface area contributed by atoms with E-state index in [2.05, 4.69) is 6.92 Å². The quantitative estimate of drug-likeness (QED) is 0.776. The Kier molecular flexibility index (Phi) is 4.94. The molecule has 0 unspecified atom stereocenters. The molecule has 1 aliphatic heterocycles. The molecule has 0 amide bonds. The Morgan fingerprint density at radius 2 is 1.96 bits per heavy atom. The summed E-state index contributed by atoms with van der Waals surface area (Å²) in [4.78, 5) is 12.6. The summed E-state index contributed by atoms with van der Waals surface area (Å²) in [5.41, 5.74) is 0. The van der Waals surface area contributed by atoms with Crippen molar-refractivity contribution in [2.75, 3.05) is 19.7 Å². The summed E-state index contributed by atoms with van der Waals surface area (Å²) in [6, 6.07) is 7.22. The molecule has 0 spiro atoms. The molecule has 1 saturated heterocycles. The van der Waals surface area contributed by atoms with Crippen LogP contribution in [0.15, 0.2) is 29.2 Å². The van der Waals surface area contributed by atoms with Gasteiger partial charge in [0, 0.05) is 23.2 Å². The van der Waals surface area contributed by atoms with Gasteiger partial charge in [0.2, 0.25) is 10.0 Å². The number of thiophene rings is 1. The van der Waals surface area contributed by atoms with E-state index in [9.17, 15) is 13.2 Å². The van der Waals surface area contributed by atoms with E-state index in [1.165, 1.54) is 15.6 Å². The van der Waals surface area contributed by atoms with Crippen molar-refractivity contribution in [2.45, 2.75) is 31.6 Å². The van der Waals surface area contributed by atoms with Gasteiger partial charge in [0.15, 0.2) is 0 Å². The maximum absolute atomic E-state index is 13.2. The Balaban J connectivity index is 2.12. The lowest BCUT2D eigenvalue weighted by molar-refractivity contribution is 0.0528. The smallest absolute Gasteiger partial charge is 0.349 e. The number of carbonyl (C=O) groups is 1. The van der Waals surface area contributed by atoms with E-state index in [0.717, 1.165) is 17.5 Å². The summed E-state index contributed by atoms with van der Waals surface area (Å²) in [5.74, 6) is -0.0390. The molecule has 0 radical (unpaired) electrons. The molecular formula is C17H21NO4S2. The number of fused-ring (bicyclic) bond motifs is 1. The van der Waals surface area contributed by atoms with Crippen molar-refractivity contribution in [2.24, 2.45) is 5.92 Å². The second-order valence-corrected chi connectivity index (χ2v) is 8.99. The number of esters is 1. The first kappa shape index (κ1) is 17.4. The van der Waals surface area contributed by atoms with E-state index in [1.807, 2.05) is 12.1 Å². The zero-order chi connectivity index (χ0) is 17.3. The second kappa shape index (κ2) is 6.82. The molecule has 3 rings (SSSR count). The highest BCUT2D eigenvalue weighted by Gasteiger charge is 2.35. The van der Waals surface area contributed by atoms with Crippen LogP contribution in [0.4, 0.5) is 0 Å². The Bertz CT molecular complexity index is 849.